The molecule has 1 unspecified atom stereocenters. The number of benzene rings is 1. The number of halogens is 1. The number of nitrogens with zero attached hydrogens (tertiary/aromatic N) is 2. The maximum Gasteiger partial charge on any atom is 0.0541 e. The van der Waals surface area contributed by atoms with Crippen LogP contribution in [0.3, 0.4) is 0 Å². The van der Waals surface area contributed by atoms with Crippen LogP contribution in [-0.2, 0) is 0 Å². The maximum atomic E-state index is 3.57. The Kier molecular flexibility index (Phi) is 4.65. The van der Waals surface area contributed by atoms with Crippen LogP contribution in [0, 0.1) is 6.92 Å². The lowest BCUT2D eigenvalue weighted by Gasteiger charge is -2.39. The molecule has 0 bridgehead atoms. The van der Waals surface area contributed by atoms with Crippen LogP contribution in [0.4, 0.5) is 5.69 Å². The Bertz CT molecular complexity index is 406. The summed E-state index contributed by atoms with van der Waals surface area (Å²) in [5, 5.41) is 3.49. The van der Waals surface area contributed by atoms with Gasteiger partial charge in [-0.3, -0.25) is 0 Å². The van der Waals surface area contributed by atoms with E-state index in [0.717, 1.165) is 26.2 Å². The van der Waals surface area contributed by atoms with E-state index in [9.17, 15) is 0 Å². The number of nitrogens with one attached hydrogen (secondary N) is 1. The van der Waals surface area contributed by atoms with Crippen molar-refractivity contribution in [1.29, 1.82) is 0 Å². The van der Waals surface area contributed by atoms with Gasteiger partial charge in [0, 0.05) is 36.3 Å². The lowest BCUT2D eigenvalue weighted by Crippen LogP contribution is -2.55. The predicted molar refractivity (Wildman–Crippen MR) is 81.4 cm³/mol. The van der Waals surface area contributed by atoms with Gasteiger partial charge in [-0.05, 0) is 44.8 Å². The second-order valence-corrected chi connectivity index (χ2v) is 6.10. The third-order valence-electron chi connectivity index (χ3n) is 3.40. The van der Waals surface area contributed by atoms with Crippen LogP contribution in [-0.4, -0.2) is 51.2 Å². The fraction of sp³-hybridized carbons (Fsp3) is 0.571. The molecule has 1 aliphatic heterocycles. The van der Waals surface area contributed by atoms with Gasteiger partial charge in [0.15, 0.2) is 0 Å². The van der Waals surface area contributed by atoms with Gasteiger partial charge < -0.3 is 15.1 Å². The van der Waals surface area contributed by atoms with E-state index >= 15 is 0 Å². The average molecular weight is 312 g/mol. The van der Waals surface area contributed by atoms with Crippen molar-refractivity contribution in [1.82, 2.24) is 10.2 Å². The standard InChI is InChI=1S/C14H22BrN3/c1-11-8-12(4-5-14(11)15)18-7-6-16-9-13(18)10-17(2)3/h4-5,8,13,16H,6-7,9-10H2,1-3H3. The van der Waals surface area contributed by atoms with E-state index in [0.29, 0.717) is 6.04 Å². The van der Waals surface area contributed by atoms with Crippen LogP contribution in [0.1, 0.15) is 5.56 Å². The van der Waals surface area contributed by atoms with Crippen LogP contribution >= 0.6 is 15.9 Å². The SMILES string of the molecule is Cc1cc(N2CCNCC2CN(C)C)ccc1Br. The van der Waals surface area contributed by atoms with Gasteiger partial charge in [-0.2, -0.15) is 0 Å². The summed E-state index contributed by atoms with van der Waals surface area (Å²) in [6.45, 7) is 6.45. The molecule has 4 heteroatoms. The van der Waals surface area contributed by atoms with Crippen molar-refractivity contribution in [2.75, 3.05) is 45.2 Å². The van der Waals surface area contributed by atoms with Gasteiger partial charge in [0.25, 0.3) is 0 Å². The van der Waals surface area contributed by atoms with Crippen molar-refractivity contribution in [3.05, 3.63) is 28.2 Å². The Labute approximate surface area is 118 Å². The first kappa shape index (κ1) is 13.8. The highest BCUT2D eigenvalue weighted by molar-refractivity contribution is 9.10. The first-order chi connectivity index (χ1) is 8.58. The molecule has 0 aromatic heterocycles. The number of piperazine rings is 1. The molecule has 1 fully saturated rings. The smallest absolute Gasteiger partial charge is 0.0541 e. The van der Waals surface area contributed by atoms with Gasteiger partial charge >= 0.3 is 0 Å². The second kappa shape index (κ2) is 6.04. The molecule has 0 aliphatic carbocycles. The van der Waals surface area contributed by atoms with E-state index in [1.54, 1.807) is 0 Å². The minimum absolute atomic E-state index is 0.550. The van der Waals surface area contributed by atoms with Gasteiger partial charge in [-0.25, -0.2) is 0 Å². The molecule has 0 radical (unpaired) electrons. The van der Waals surface area contributed by atoms with Crippen molar-refractivity contribution in [3.63, 3.8) is 0 Å². The third kappa shape index (κ3) is 3.25. The number of likely N-dealkylation sites (N-methyl/N-ethyl adjacent to an activating group) is 1. The molecule has 3 nitrogen and oxygen atoms in total. The summed E-state index contributed by atoms with van der Waals surface area (Å²) < 4.78 is 1.19. The topological polar surface area (TPSA) is 18.5 Å². The van der Waals surface area contributed by atoms with E-state index in [1.807, 2.05) is 0 Å². The van der Waals surface area contributed by atoms with E-state index in [-0.39, 0.29) is 0 Å². The maximum absolute atomic E-state index is 3.57. The van der Waals surface area contributed by atoms with Crippen molar-refractivity contribution in [3.8, 4) is 0 Å². The molecular weight excluding hydrogens is 290 g/mol. The molecule has 18 heavy (non-hydrogen) atoms. The molecule has 0 amide bonds. The van der Waals surface area contributed by atoms with Crippen LogP contribution in [0.25, 0.3) is 0 Å². The summed E-state index contributed by atoms with van der Waals surface area (Å²) in [5.74, 6) is 0. The van der Waals surface area contributed by atoms with Gasteiger partial charge in [-0.15, -0.1) is 0 Å². The monoisotopic (exact) mass is 311 g/mol. The van der Waals surface area contributed by atoms with Gasteiger partial charge in [0.2, 0.25) is 0 Å². The molecule has 1 saturated heterocycles. The van der Waals surface area contributed by atoms with E-state index in [2.05, 4.69) is 70.3 Å². The van der Waals surface area contributed by atoms with Crippen LogP contribution in [0.15, 0.2) is 22.7 Å². The van der Waals surface area contributed by atoms with Gasteiger partial charge in [-0.1, -0.05) is 15.9 Å². The third-order valence-corrected chi connectivity index (χ3v) is 4.29. The van der Waals surface area contributed by atoms with Crippen molar-refractivity contribution in [2.24, 2.45) is 0 Å². The lowest BCUT2D eigenvalue weighted by molar-refractivity contribution is 0.337. The molecule has 1 heterocycles. The van der Waals surface area contributed by atoms with E-state index in [4.69, 9.17) is 0 Å². The number of anilines is 1. The highest BCUT2D eigenvalue weighted by Crippen LogP contribution is 2.25. The first-order valence-corrected chi connectivity index (χ1v) is 7.25. The highest BCUT2D eigenvalue weighted by atomic mass is 79.9. The average Bonchev–Trinajstić information content (AvgIpc) is 2.33. The highest BCUT2D eigenvalue weighted by Gasteiger charge is 2.23. The fourth-order valence-electron chi connectivity index (χ4n) is 2.49. The molecule has 1 aromatic rings. The van der Waals surface area contributed by atoms with E-state index < -0.39 is 0 Å². The predicted octanol–water partition coefficient (Wildman–Crippen LogP) is 2.10. The molecule has 0 spiro atoms. The van der Waals surface area contributed by atoms with Gasteiger partial charge in [0.1, 0.15) is 0 Å². The number of rotatable bonds is 3. The van der Waals surface area contributed by atoms with Crippen molar-refractivity contribution < 1.29 is 0 Å². The molecule has 1 N–H and O–H groups in total. The Hall–Kier alpha value is -0.580. The Morgan fingerprint density at radius 2 is 2.22 bits per heavy atom. The zero-order valence-electron chi connectivity index (χ0n) is 11.4. The zero-order valence-corrected chi connectivity index (χ0v) is 13.0. The summed E-state index contributed by atoms with van der Waals surface area (Å²) in [5.41, 5.74) is 2.64. The normalized spacial score (nSPS) is 20.5. The minimum Gasteiger partial charge on any atom is -0.365 e. The minimum atomic E-state index is 0.550. The first-order valence-electron chi connectivity index (χ1n) is 6.46. The zero-order chi connectivity index (χ0) is 13.1. The summed E-state index contributed by atoms with van der Waals surface area (Å²) in [6, 6.07) is 7.19. The van der Waals surface area contributed by atoms with Gasteiger partial charge in [0.05, 0.1) is 6.04 Å². The number of aryl methyl sites for hydroxylation is 1. The van der Waals surface area contributed by atoms with E-state index in [1.165, 1.54) is 15.7 Å². The molecule has 100 valence electrons. The summed E-state index contributed by atoms with van der Waals surface area (Å²) in [6.07, 6.45) is 0. The molecule has 1 atom stereocenters. The molecule has 1 aliphatic rings. The summed E-state index contributed by atoms with van der Waals surface area (Å²) >= 11 is 3.57. The number of hydrogen-bond donors (Lipinski definition) is 1. The van der Waals surface area contributed by atoms with Crippen LogP contribution < -0.4 is 10.2 Å². The molecular formula is C14H22BrN3. The molecule has 2 rings (SSSR count). The Balaban J connectivity index is 2.19. The summed E-state index contributed by atoms with van der Waals surface area (Å²) in [7, 11) is 4.28. The van der Waals surface area contributed by atoms with Crippen molar-refractivity contribution >= 4 is 21.6 Å². The molecule has 0 saturated carbocycles. The lowest BCUT2D eigenvalue weighted by atomic mass is 10.1. The number of hydrogen-bond acceptors (Lipinski definition) is 3. The quantitative estimate of drug-likeness (QED) is 0.922. The Morgan fingerprint density at radius 3 is 2.89 bits per heavy atom. The van der Waals surface area contributed by atoms with Crippen molar-refractivity contribution in [2.45, 2.75) is 13.0 Å². The fourth-order valence-corrected chi connectivity index (χ4v) is 2.74. The molecule has 1 aromatic carbocycles. The Morgan fingerprint density at radius 1 is 1.44 bits per heavy atom. The summed E-state index contributed by atoms with van der Waals surface area (Å²) in [4.78, 5) is 4.78. The second-order valence-electron chi connectivity index (χ2n) is 5.25. The largest absolute Gasteiger partial charge is 0.365 e. The van der Waals surface area contributed by atoms with Crippen LogP contribution in [0.2, 0.25) is 0 Å². The van der Waals surface area contributed by atoms with Crippen LogP contribution in [0.5, 0.6) is 0 Å².